The van der Waals surface area contributed by atoms with Crippen LogP contribution >= 0.6 is 0 Å². The molecule has 182 valence electrons. The van der Waals surface area contributed by atoms with E-state index >= 15 is 0 Å². The highest BCUT2D eigenvalue weighted by Crippen LogP contribution is 2.29. The minimum absolute atomic E-state index is 0.0316. The first kappa shape index (κ1) is 25.2. The van der Waals surface area contributed by atoms with Crippen molar-refractivity contribution in [3.63, 3.8) is 0 Å². The van der Waals surface area contributed by atoms with Gasteiger partial charge in [0, 0.05) is 11.8 Å². The molecule has 0 unspecified atom stereocenters. The average molecular weight is 477 g/mol. The fraction of sp³-hybridized carbons (Fsp3) is 0.417. The minimum atomic E-state index is -4.84. The lowest BCUT2D eigenvalue weighted by atomic mass is 9.98. The molecule has 10 heteroatoms. The number of hydrogen-bond acceptors (Lipinski definition) is 6. The lowest BCUT2D eigenvalue weighted by molar-refractivity contribution is -0.274. The zero-order valence-corrected chi connectivity index (χ0v) is 19.5. The van der Waals surface area contributed by atoms with Gasteiger partial charge in [0.05, 0.1) is 0 Å². The Morgan fingerprint density at radius 2 is 1.76 bits per heavy atom. The summed E-state index contributed by atoms with van der Waals surface area (Å²) >= 11 is 0. The molecule has 0 saturated heterocycles. The van der Waals surface area contributed by atoms with E-state index in [0.717, 1.165) is 12.1 Å². The number of aromatic nitrogens is 3. The molecule has 3 rings (SSSR count). The Bertz CT molecular complexity index is 1230. The molecule has 2 aromatic heterocycles. The quantitative estimate of drug-likeness (QED) is 0.449. The molecule has 0 saturated carbocycles. The highest BCUT2D eigenvalue weighted by Gasteiger charge is 2.34. The largest absolute Gasteiger partial charge is 0.573 e. The van der Waals surface area contributed by atoms with Gasteiger partial charge in [-0.05, 0) is 63.1 Å². The molecule has 0 spiro atoms. The van der Waals surface area contributed by atoms with Crippen molar-refractivity contribution in [2.75, 3.05) is 0 Å². The zero-order chi connectivity index (χ0) is 25.3. The molecule has 0 aliphatic rings. The first-order chi connectivity index (χ1) is 15.8. The summed E-state index contributed by atoms with van der Waals surface area (Å²) in [6.45, 7) is 8.93. The summed E-state index contributed by atoms with van der Waals surface area (Å²) in [5.41, 5.74) is -0.581. The first-order valence-corrected chi connectivity index (χ1v) is 10.8. The average Bonchev–Trinajstić information content (AvgIpc) is 2.73. The number of benzene rings is 1. The predicted octanol–water partition coefficient (Wildman–Crippen LogP) is 5.29. The summed E-state index contributed by atoms with van der Waals surface area (Å²) < 4.78 is 48.3. The molecule has 0 radical (unpaired) electrons. The van der Waals surface area contributed by atoms with Crippen molar-refractivity contribution < 1.29 is 27.4 Å². The monoisotopic (exact) mass is 477 g/mol. The van der Waals surface area contributed by atoms with E-state index in [1.54, 1.807) is 32.9 Å². The molecule has 0 N–H and O–H groups in total. The number of pyridine rings is 1. The maximum Gasteiger partial charge on any atom is 0.573 e. The summed E-state index contributed by atoms with van der Waals surface area (Å²) in [4.78, 5) is 35.6. The number of carbonyl (C=O) groups is 1. The Morgan fingerprint density at radius 3 is 2.32 bits per heavy atom. The molecule has 0 aliphatic heterocycles. The van der Waals surface area contributed by atoms with Gasteiger partial charge in [0.1, 0.15) is 28.6 Å². The minimum Gasteiger partial charge on any atom is -0.458 e. The molecule has 7 nitrogen and oxygen atoms in total. The van der Waals surface area contributed by atoms with Crippen LogP contribution in [0.15, 0.2) is 47.4 Å². The standard InChI is InChI=1S/C24H26F3N3O4/c1-6-14(2)19(22(32)34-23(3,4)5)30-20-17(8-7-13-28-20)29-18(21(30)31)15-9-11-16(12-10-15)33-24(25,26)27/h7-14,19H,6H2,1-5H3/t14-,19-/m0/s1. The summed E-state index contributed by atoms with van der Waals surface area (Å²) in [5.74, 6) is -1.29. The van der Waals surface area contributed by atoms with Gasteiger partial charge in [-0.2, -0.15) is 0 Å². The van der Waals surface area contributed by atoms with Crippen LogP contribution in [-0.2, 0) is 9.53 Å². The van der Waals surface area contributed by atoms with E-state index in [2.05, 4.69) is 14.7 Å². The lowest BCUT2D eigenvalue weighted by Crippen LogP contribution is -2.39. The molecule has 1 aromatic carbocycles. The second kappa shape index (κ2) is 9.44. The number of fused-ring (bicyclic) bond motifs is 1. The van der Waals surface area contributed by atoms with E-state index in [1.165, 1.54) is 22.9 Å². The number of nitrogens with zero attached hydrogens (tertiary/aromatic N) is 3. The van der Waals surface area contributed by atoms with Crippen LogP contribution in [-0.4, -0.2) is 32.5 Å². The number of hydrogen-bond donors (Lipinski definition) is 0. The summed E-state index contributed by atoms with van der Waals surface area (Å²) in [6, 6.07) is 7.12. The SMILES string of the molecule is CC[C@H](C)[C@@H](C(=O)OC(C)(C)C)n1c(=O)c(-c2ccc(OC(F)(F)F)cc2)nc2cccnc21. The van der Waals surface area contributed by atoms with Crippen molar-refractivity contribution in [2.45, 2.75) is 59.0 Å². The van der Waals surface area contributed by atoms with Crippen molar-refractivity contribution in [3.8, 4) is 17.0 Å². The smallest absolute Gasteiger partial charge is 0.458 e. The van der Waals surface area contributed by atoms with Crippen molar-refractivity contribution in [1.29, 1.82) is 0 Å². The molecule has 0 amide bonds. The Balaban J connectivity index is 2.21. The maximum atomic E-state index is 13.7. The second-order valence-electron chi connectivity index (χ2n) is 8.92. The number of rotatable bonds is 6. The summed E-state index contributed by atoms with van der Waals surface area (Å²) in [7, 11) is 0. The van der Waals surface area contributed by atoms with Crippen LogP contribution in [0.1, 0.15) is 47.1 Å². The van der Waals surface area contributed by atoms with Gasteiger partial charge in [0.25, 0.3) is 5.56 Å². The van der Waals surface area contributed by atoms with Gasteiger partial charge in [-0.25, -0.2) is 14.8 Å². The van der Waals surface area contributed by atoms with E-state index in [1.807, 2.05) is 13.8 Å². The van der Waals surface area contributed by atoms with Crippen LogP contribution in [0.5, 0.6) is 5.75 Å². The van der Waals surface area contributed by atoms with Gasteiger partial charge >= 0.3 is 12.3 Å². The van der Waals surface area contributed by atoms with Crippen molar-refractivity contribution in [3.05, 3.63) is 52.9 Å². The van der Waals surface area contributed by atoms with Crippen LogP contribution in [0.2, 0.25) is 0 Å². The number of ether oxygens (including phenoxy) is 2. The molecule has 0 bridgehead atoms. The van der Waals surface area contributed by atoms with E-state index in [-0.39, 0.29) is 22.8 Å². The highest BCUT2D eigenvalue weighted by molar-refractivity contribution is 5.80. The topological polar surface area (TPSA) is 83.3 Å². The van der Waals surface area contributed by atoms with Gasteiger partial charge in [-0.3, -0.25) is 9.36 Å². The normalized spacial score (nSPS) is 14.0. The Morgan fingerprint density at radius 1 is 1.12 bits per heavy atom. The maximum absolute atomic E-state index is 13.7. The molecular formula is C24H26F3N3O4. The summed E-state index contributed by atoms with van der Waals surface area (Å²) in [6.07, 6.45) is -2.77. The van der Waals surface area contributed by atoms with E-state index < -0.39 is 35.3 Å². The Hall–Kier alpha value is -3.43. The van der Waals surface area contributed by atoms with E-state index in [0.29, 0.717) is 11.9 Å². The third-order valence-corrected chi connectivity index (χ3v) is 5.12. The van der Waals surface area contributed by atoms with Crippen LogP contribution in [0.25, 0.3) is 22.4 Å². The number of alkyl halides is 3. The van der Waals surface area contributed by atoms with Crippen LogP contribution in [0, 0.1) is 5.92 Å². The predicted molar refractivity (Wildman–Crippen MR) is 120 cm³/mol. The Labute approximate surface area is 194 Å². The number of carbonyl (C=O) groups excluding carboxylic acids is 1. The van der Waals surface area contributed by atoms with Crippen LogP contribution in [0.3, 0.4) is 0 Å². The zero-order valence-electron chi connectivity index (χ0n) is 19.5. The molecule has 2 atom stereocenters. The summed E-state index contributed by atoms with van der Waals surface area (Å²) in [5, 5.41) is 0. The third-order valence-electron chi connectivity index (χ3n) is 5.12. The molecular weight excluding hydrogens is 451 g/mol. The molecule has 34 heavy (non-hydrogen) atoms. The van der Waals surface area contributed by atoms with Crippen molar-refractivity contribution >= 4 is 17.1 Å². The fourth-order valence-corrected chi connectivity index (χ4v) is 3.48. The van der Waals surface area contributed by atoms with Gasteiger partial charge in [-0.1, -0.05) is 20.3 Å². The van der Waals surface area contributed by atoms with Gasteiger partial charge in [0.2, 0.25) is 0 Å². The van der Waals surface area contributed by atoms with Gasteiger partial charge in [0.15, 0.2) is 5.65 Å². The van der Waals surface area contributed by atoms with Gasteiger partial charge < -0.3 is 9.47 Å². The van der Waals surface area contributed by atoms with Crippen LogP contribution in [0.4, 0.5) is 13.2 Å². The second-order valence-corrected chi connectivity index (χ2v) is 8.92. The van der Waals surface area contributed by atoms with E-state index in [9.17, 15) is 22.8 Å². The molecule has 0 fully saturated rings. The van der Waals surface area contributed by atoms with Gasteiger partial charge in [-0.15, -0.1) is 13.2 Å². The Kier molecular flexibility index (Phi) is 6.99. The first-order valence-electron chi connectivity index (χ1n) is 10.8. The number of halogens is 3. The highest BCUT2D eigenvalue weighted by atomic mass is 19.4. The molecule has 3 aromatic rings. The van der Waals surface area contributed by atoms with Crippen molar-refractivity contribution in [2.24, 2.45) is 5.92 Å². The number of esters is 1. The lowest BCUT2D eigenvalue weighted by Gasteiger charge is -2.29. The van der Waals surface area contributed by atoms with Crippen molar-refractivity contribution in [1.82, 2.24) is 14.5 Å². The molecule has 0 aliphatic carbocycles. The fourth-order valence-electron chi connectivity index (χ4n) is 3.48. The molecule has 2 heterocycles. The van der Waals surface area contributed by atoms with Crippen LogP contribution < -0.4 is 10.3 Å². The van der Waals surface area contributed by atoms with E-state index in [4.69, 9.17) is 4.74 Å². The third kappa shape index (κ3) is 5.73.